The van der Waals surface area contributed by atoms with Crippen molar-refractivity contribution in [2.75, 3.05) is 0 Å². The molecular formula is C14H18N4OS. The first-order chi connectivity index (χ1) is 9.65. The molecule has 0 spiro atoms. The lowest BCUT2D eigenvalue weighted by Gasteiger charge is -2.11. The third-order valence-electron chi connectivity index (χ3n) is 3.26. The molecule has 20 heavy (non-hydrogen) atoms. The average molecular weight is 290 g/mol. The summed E-state index contributed by atoms with van der Waals surface area (Å²) < 4.78 is 0. The van der Waals surface area contributed by atoms with E-state index in [4.69, 9.17) is 10.8 Å². The van der Waals surface area contributed by atoms with Gasteiger partial charge in [0.25, 0.3) is 0 Å². The van der Waals surface area contributed by atoms with Gasteiger partial charge in [-0.3, -0.25) is 20.6 Å². The first-order valence-electron chi connectivity index (χ1n) is 6.70. The van der Waals surface area contributed by atoms with E-state index in [1.807, 2.05) is 6.07 Å². The van der Waals surface area contributed by atoms with Gasteiger partial charge in [-0.2, -0.15) is 0 Å². The fourth-order valence-corrected chi connectivity index (χ4v) is 3.03. The maximum absolute atomic E-state index is 11.7. The Hall–Kier alpha value is -1.69. The molecule has 1 aromatic heterocycles. The van der Waals surface area contributed by atoms with Crippen molar-refractivity contribution < 1.29 is 4.79 Å². The summed E-state index contributed by atoms with van der Waals surface area (Å²) in [5.41, 5.74) is 0.675. The van der Waals surface area contributed by atoms with Gasteiger partial charge >= 0.3 is 0 Å². The SMILES string of the molecule is N=C(NC(=O)Cc1ccccn1)SC(=N)C1CCCC1. The predicted molar refractivity (Wildman–Crippen MR) is 81.1 cm³/mol. The number of rotatable bonds is 3. The number of amides is 1. The molecule has 1 fully saturated rings. The summed E-state index contributed by atoms with van der Waals surface area (Å²) in [4.78, 5) is 15.8. The largest absolute Gasteiger partial charge is 0.305 e. The minimum atomic E-state index is -0.263. The molecular weight excluding hydrogens is 272 g/mol. The van der Waals surface area contributed by atoms with Gasteiger partial charge in [0, 0.05) is 17.8 Å². The number of thioether (sulfide) groups is 1. The summed E-state index contributed by atoms with van der Waals surface area (Å²) in [6.45, 7) is 0. The van der Waals surface area contributed by atoms with Gasteiger partial charge < -0.3 is 5.32 Å². The lowest BCUT2D eigenvalue weighted by molar-refractivity contribution is -0.119. The van der Waals surface area contributed by atoms with E-state index < -0.39 is 0 Å². The van der Waals surface area contributed by atoms with Crippen LogP contribution in [-0.4, -0.2) is 21.1 Å². The Balaban J connectivity index is 1.76. The lowest BCUT2D eigenvalue weighted by Crippen LogP contribution is -2.30. The van der Waals surface area contributed by atoms with E-state index >= 15 is 0 Å². The minimum Gasteiger partial charge on any atom is -0.305 e. The van der Waals surface area contributed by atoms with Crippen LogP contribution in [0.4, 0.5) is 0 Å². The highest BCUT2D eigenvalue weighted by Crippen LogP contribution is 2.29. The molecule has 2 rings (SSSR count). The fourth-order valence-electron chi connectivity index (χ4n) is 2.24. The fraction of sp³-hybridized carbons (Fsp3) is 0.429. The summed E-state index contributed by atoms with van der Waals surface area (Å²) in [6, 6.07) is 5.39. The smallest absolute Gasteiger partial charge is 0.231 e. The molecule has 1 aliphatic rings. The zero-order valence-corrected chi connectivity index (χ0v) is 12.0. The van der Waals surface area contributed by atoms with Crippen LogP contribution < -0.4 is 5.32 Å². The van der Waals surface area contributed by atoms with Gasteiger partial charge in [0.15, 0.2) is 5.17 Å². The first kappa shape index (κ1) is 14.7. The summed E-state index contributed by atoms with van der Waals surface area (Å²) >= 11 is 1.05. The van der Waals surface area contributed by atoms with Crippen LogP contribution in [-0.2, 0) is 11.2 Å². The van der Waals surface area contributed by atoms with Gasteiger partial charge in [-0.25, -0.2) is 0 Å². The number of carbonyl (C=O) groups excluding carboxylic acids is 1. The van der Waals surface area contributed by atoms with Crippen molar-refractivity contribution in [2.45, 2.75) is 32.1 Å². The molecule has 1 amide bonds. The second kappa shape index (κ2) is 7.19. The van der Waals surface area contributed by atoms with Crippen LogP contribution in [0.5, 0.6) is 0 Å². The Morgan fingerprint density at radius 1 is 1.35 bits per heavy atom. The normalized spacial score (nSPS) is 15.0. The molecule has 0 unspecified atom stereocenters. The zero-order valence-electron chi connectivity index (χ0n) is 11.2. The molecule has 0 atom stereocenters. The molecule has 0 radical (unpaired) electrons. The molecule has 6 heteroatoms. The van der Waals surface area contributed by atoms with Crippen LogP contribution in [0.25, 0.3) is 0 Å². The Morgan fingerprint density at radius 3 is 2.75 bits per heavy atom. The number of amidine groups is 1. The number of nitrogens with zero attached hydrogens (tertiary/aromatic N) is 1. The molecule has 0 aliphatic heterocycles. The Kier molecular flexibility index (Phi) is 5.29. The number of pyridine rings is 1. The van der Waals surface area contributed by atoms with Gasteiger partial charge in [-0.1, -0.05) is 18.9 Å². The topological polar surface area (TPSA) is 89.7 Å². The van der Waals surface area contributed by atoms with Crippen molar-refractivity contribution in [1.29, 1.82) is 10.8 Å². The van der Waals surface area contributed by atoms with Crippen LogP contribution in [0.1, 0.15) is 31.4 Å². The van der Waals surface area contributed by atoms with Gasteiger partial charge in [-0.15, -0.1) is 0 Å². The van der Waals surface area contributed by atoms with Crippen LogP contribution in [0, 0.1) is 16.7 Å². The van der Waals surface area contributed by atoms with E-state index in [1.165, 1.54) is 0 Å². The first-order valence-corrected chi connectivity index (χ1v) is 7.51. The highest BCUT2D eigenvalue weighted by molar-refractivity contribution is 8.26. The van der Waals surface area contributed by atoms with Crippen molar-refractivity contribution in [1.82, 2.24) is 10.3 Å². The van der Waals surface area contributed by atoms with Crippen LogP contribution in [0.3, 0.4) is 0 Å². The van der Waals surface area contributed by atoms with Crippen LogP contribution in [0.2, 0.25) is 0 Å². The van der Waals surface area contributed by atoms with Crippen LogP contribution in [0.15, 0.2) is 24.4 Å². The predicted octanol–water partition coefficient (Wildman–Crippen LogP) is 2.58. The van der Waals surface area contributed by atoms with Crippen molar-refractivity contribution in [3.05, 3.63) is 30.1 Å². The van der Waals surface area contributed by atoms with E-state index in [1.54, 1.807) is 18.3 Å². The second-order valence-corrected chi connectivity index (χ2v) is 5.88. The number of carbonyl (C=O) groups is 1. The van der Waals surface area contributed by atoms with E-state index in [0.717, 1.165) is 37.4 Å². The third-order valence-corrected chi connectivity index (χ3v) is 4.12. The van der Waals surface area contributed by atoms with Gasteiger partial charge in [0.05, 0.1) is 11.5 Å². The molecule has 1 aliphatic carbocycles. The highest BCUT2D eigenvalue weighted by Gasteiger charge is 2.21. The van der Waals surface area contributed by atoms with Gasteiger partial charge in [0.2, 0.25) is 5.91 Å². The third kappa shape index (κ3) is 4.45. The van der Waals surface area contributed by atoms with Crippen molar-refractivity contribution in [2.24, 2.45) is 5.92 Å². The van der Waals surface area contributed by atoms with Crippen molar-refractivity contribution in [3.8, 4) is 0 Å². The van der Waals surface area contributed by atoms with E-state index in [-0.39, 0.29) is 23.4 Å². The molecule has 1 aromatic rings. The van der Waals surface area contributed by atoms with Gasteiger partial charge in [0.1, 0.15) is 0 Å². The quantitative estimate of drug-likeness (QED) is 0.590. The van der Waals surface area contributed by atoms with Crippen LogP contribution >= 0.6 is 11.8 Å². The lowest BCUT2D eigenvalue weighted by atomic mass is 10.1. The molecule has 1 saturated carbocycles. The molecule has 0 aromatic carbocycles. The number of nitrogens with one attached hydrogen (secondary N) is 3. The molecule has 0 bridgehead atoms. The van der Waals surface area contributed by atoms with Crippen molar-refractivity contribution in [3.63, 3.8) is 0 Å². The van der Waals surface area contributed by atoms with E-state index in [0.29, 0.717) is 10.7 Å². The monoisotopic (exact) mass is 290 g/mol. The standard InChI is InChI=1S/C14H18N4OS/c15-13(10-5-1-2-6-10)20-14(16)18-12(19)9-11-7-3-4-8-17-11/h3-4,7-8,10,15H,1-2,5-6,9H2,(H2,16,18,19). The summed E-state index contributed by atoms with van der Waals surface area (Å²) in [7, 11) is 0. The van der Waals surface area contributed by atoms with E-state index in [2.05, 4.69) is 10.3 Å². The molecule has 106 valence electrons. The molecule has 0 saturated heterocycles. The summed E-state index contributed by atoms with van der Waals surface area (Å²) in [5.74, 6) is 0.00784. The Morgan fingerprint density at radius 2 is 2.10 bits per heavy atom. The molecule has 1 heterocycles. The number of aromatic nitrogens is 1. The average Bonchev–Trinajstić information content (AvgIpc) is 2.93. The molecule has 5 nitrogen and oxygen atoms in total. The van der Waals surface area contributed by atoms with Gasteiger partial charge in [-0.05, 0) is 36.7 Å². The summed E-state index contributed by atoms with van der Waals surface area (Å²) in [5, 5.41) is 18.7. The molecule has 3 N–H and O–H groups in total. The van der Waals surface area contributed by atoms with Crippen molar-refractivity contribution >= 4 is 27.9 Å². The maximum atomic E-state index is 11.7. The second-order valence-electron chi connectivity index (χ2n) is 4.82. The highest BCUT2D eigenvalue weighted by atomic mass is 32.2. The van der Waals surface area contributed by atoms with E-state index in [9.17, 15) is 4.79 Å². The number of hydrogen-bond donors (Lipinski definition) is 3. The summed E-state index contributed by atoms with van der Waals surface area (Å²) in [6.07, 6.45) is 6.17. The maximum Gasteiger partial charge on any atom is 0.231 e. The minimum absolute atomic E-state index is 0.0304. The Bertz CT molecular complexity index is 497. The number of hydrogen-bond acceptors (Lipinski definition) is 5. The zero-order chi connectivity index (χ0) is 14.4. The Labute approximate surface area is 122 Å².